The van der Waals surface area contributed by atoms with Crippen molar-refractivity contribution >= 4 is 5.91 Å². The summed E-state index contributed by atoms with van der Waals surface area (Å²) in [5.41, 5.74) is 7.20. The van der Waals surface area contributed by atoms with Gasteiger partial charge in [0.05, 0.1) is 0 Å². The Kier molecular flexibility index (Phi) is 6.00. The van der Waals surface area contributed by atoms with Crippen LogP contribution in [0.4, 0.5) is 0 Å². The van der Waals surface area contributed by atoms with Crippen LogP contribution in [0, 0.1) is 0 Å². The number of nitrogens with zero attached hydrogens (tertiary/aromatic N) is 1. The molecule has 5 nitrogen and oxygen atoms in total. The third kappa shape index (κ3) is 5.64. The molecule has 0 saturated heterocycles. The second kappa shape index (κ2) is 8.19. The average molecular weight is 314 g/mol. The van der Waals surface area contributed by atoms with Crippen LogP contribution in [0.1, 0.15) is 0 Å². The quantitative estimate of drug-likeness (QED) is 0.811. The van der Waals surface area contributed by atoms with Gasteiger partial charge in [0, 0.05) is 6.54 Å². The lowest BCUT2D eigenvalue weighted by Crippen LogP contribution is -2.19. The number of carbonyl (C=O) groups is 1. The van der Waals surface area contributed by atoms with Crippen LogP contribution in [0.15, 0.2) is 48.5 Å². The Bertz CT molecular complexity index is 622. The fourth-order valence-electron chi connectivity index (χ4n) is 1.99. The highest BCUT2D eigenvalue weighted by atomic mass is 16.5. The van der Waals surface area contributed by atoms with Crippen molar-refractivity contribution in [3.05, 3.63) is 48.5 Å². The van der Waals surface area contributed by atoms with E-state index in [-0.39, 0.29) is 6.61 Å². The largest absolute Gasteiger partial charge is 0.492 e. The zero-order valence-corrected chi connectivity index (χ0v) is 13.5. The van der Waals surface area contributed by atoms with Crippen molar-refractivity contribution in [2.24, 2.45) is 5.73 Å². The zero-order valence-electron chi connectivity index (χ0n) is 13.5. The van der Waals surface area contributed by atoms with Crippen molar-refractivity contribution in [3.63, 3.8) is 0 Å². The summed E-state index contributed by atoms with van der Waals surface area (Å²) in [5.74, 6) is 0.993. The van der Waals surface area contributed by atoms with Crippen LogP contribution in [-0.4, -0.2) is 44.7 Å². The lowest BCUT2D eigenvalue weighted by atomic mass is 10.1. The van der Waals surface area contributed by atoms with Gasteiger partial charge in [-0.2, -0.15) is 0 Å². The van der Waals surface area contributed by atoms with Crippen LogP contribution >= 0.6 is 0 Å². The molecule has 2 aromatic carbocycles. The fourth-order valence-corrected chi connectivity index (χ4v) is 1.99. The van der Waals surface area contributed by atoms with Crippen molar-refractivity contribution in [2.45, 2.75) is 0 Å². The Morgan fingerprint density at radius 1 is 0.913 bits per heavy atom. The highest BCUT2D eigenvalue weighted by Crippen LogP contribution is 2.24. The first-order chi connectivity index (χ1) is 11.0. The summed E-state index contributed by atoms with van der Waals surface area (Å²) in [4.78, 5) is 12.8. The Hall–Kier alpha value is -2.53. The van der Waals surface area contributed by atoms with E-state index in [2.05, 4.69) is 4.90 Å². The van der Waals surface area contributed by atoms with Crippen molar-refractivity contribution in [3.8, 4) is 22.6 Å². The Balaban J connectivity index is 1.94. The highest BCUT2D eigenvalue weighted by Gasteiger charge is 2.01. The highest BCUT2D eigenvalue weighted by molar-refractivity contribution is 5.75. The maximum atomic E-state index is 10.7. The van der Waals surface area contributed by atoms with Gasteiger partial charge < -0.3 is 20.1 Å². The molecule has 2 N–H and O–H groups in total. The molecular weight excluding hydrogens is 292 g/mol. The van der Waals surface area contributed by atoms with Gasteiger partial charge in [0.2, 0.25) is 0 Å². The van der Waals surface area contributed by atoms with Gasteiger partial charge >= 0.3 is 0 Å². The van der Waals surface area contributed by atoms with Crippen LogP contribution in [-0.2, 0) is 4.79 Å². The van der Waals surface area contributed by atoms with E-state index in [0.717, 1.165) is 23.4 Å². The second-order valence-electron chi connectivity index (χ2n) is 5.46. The van der Waals surface area contributed by atoms with Crippen molar-refractivity contribution in [1.82, 2.24) is 4.90 Å². The molecule has 0 unspecified atom stereocenters. The van der Waals surface area contributed by atoms with E-state index in [1.807, 2.05) is 62.6 Å². The summed E-state index contributed by atoms with van der Waals surface area (Å²) in [7, 11) is 4.03. The minimum Gasteiger partial charge on any atom is -0.492 e. The first kappa shape index (κ1) is 16.8. The number of rotatable bonds is 8. The number of benzene rings is 2. The van der Waals surface area contributed by atoms with E-state index in [0.29, 0.717) is 12.4 Å². The minimum atomic E-state index is -0.487. The summed E-state index contributed by atoms with van der Waals surface area (Å²) in [6, 6.07) is 15.5. The standard InChI is InChI=1S/C18H22N2O3/c1-20(2)11-12-22-16-7-3-14(4-8-16)15-5-9-17(10-6-15)23-13-18(19)21/h3-10H,11-13H2,1-2H3,(H2,19,21). The van der Waals surface area contributed by atoms with Crippen LogP contribution in [0.2, 0.25) is 0 Å². The molecule has 2 rings (SSSR count). The van der Waals surface area contributed by atoms with Gasteiger partial charge in [0.1, 0.15) is 18.1 Å². The summed E-state index contributed by atoms with van der Waals surface area (Å²) in [6.07, 6.45) is 0. The fraction of sp³-hybridized carbons (Fsp3) is 0.278. The number of likely N-dealkylation sites (N-methyl/N-ethyl adjacent to an activating group) is 1. The molecule has 0 spiro atoms. The summed E-state index contributed by atoms with van der Waals surface area (Å²) >= 11 is 0. The second-order valence-corrected chi connectivity index (χ2v) is 5.46. The lowest BCUT2D eigenvalue weighted by molar-refractivity contribution is -0.119. The maximum Gasteiger partial charge on any atom is 0.255 e. The molecule has 0 bridgehead atoms. The SMILES string of the molecule is CN(C)CCOc1ccc(-c2ccc(OCC(N)=O)cc2)cc1. The third-order valence-electron chi connectivity index (χ3n) is 3.23. The molecule has 23 heavy (non-hydrogen) atoms. The molecule has 0 fully saturated rings. The van der Waals surface area contributed by atoms with Gasteiger partial charge in [-0.15, -0.1) is 0 Å². The molecule has 0 aliphatic heterocycles. The first-order valence-corrected chi connectivity index (χ1v) is 7.44. The van der Waals surface area contributed by atoms with Crippen molar-refractivity contribution in [1.29, 1.82) is 0 Å². The number of ether oxygens (including phenoxy) is 2. The molecule has 2 aromatic rings. The van der Waals surface area contributed by atoms with E-state index >= 15 is 0 Å². The number of primary amides is 1. The van der Waals surface area contributed by atoms with E-state index in [1.54, 1.807) is 0 Å². The molecule has 5 heteroatoms. The monoisotopic (exact) mass is 314 g/mol. The first-order valence-electron chi connectivity index (χ1n) is 7.44. The minimum absolute atomic E-state index is 0.113. The number of hydrogen-bond donors (Lipinski definition) is 1. The zero-order chi connectivity index (χ0) is 16.7. The molecule has 0 saturated carbocycles. The van der Waals surface area contributed by atoms with Crippen LogP contribution < -0.4 is 15.2 Å². The molecule has 0 radical (unpaired) electrons. The number of amides is 1. The summed E-state index contributed by atoms with van der Waals surface area (Å²) < 4.78 is 10.9. The van der Waals surface area contributed by atoms with Crippen LogP contribution in [0.3, 0.4) is 0 Å². The Labute approximate surface area is 136 Å². The van der Waals surface area contributed by atoms with Crippen molar-refractivity contribution < 1.29 is 14.3 Å². The molecule has 122 valence electrons. The number of carbonyl (C=O) groups excluding carboxylic acids is 1. The molecule has 1 amide bonds. The van der Waals surface area contributed by atoms with Gasteiger partial charge in [-0.25, -0.2) is 0 Å². The van der Waals surface area contributed by atoms with Gasteiger partial charge in [-0.05, 0) is 49.5 Å². The van der Waals surface area contributed by atoms with Crippen molar-refractivity contribution in [2.75, 3.05) is 33.9 Å². The van der Waals surface area contributed by atoms with E-state index in [4.69, 9.17) is 15.2 Å². The predicted octanol–water partition coefficient (Wildman–Crippen LogP) is 2.16. The van der Waals surface area contributed by atoms with E-state index in [1.165, 1.54) is 0 Å². The molecule has 0 aliphatic carbocycles. The Morgan fingerprint density at radius 3 is 1.83 bits per heavy atom. The van der Waals surface area contributed by atoms with E-state index < -0.39 is 5.91 Å². The maximum absolute atomic E-state index is 10.7. The van der Waals surface area contributed by atoms with Crippen LogP contribution in [0.5, 0.6) is 11.5 Å². The summed E-state index contributed by atoms with van der Waals surface area (Å²) in [6.45, 7) is 1.44. The molecule has 0 atom stereocenters. The van der Waals surface area contributed by atoms with Gasteiger partial charge in [-0.1, -0.05) is 24.3 Å². The normalized spacial score (nSPS) is 10.6. The van der Waals surface area contributed by atoms with Gasteiger partial charge in [-0.3, -0.25) is 4.79 Å². The van der Waals surface area contributed by atoms with E-state index in [9.17, 15) is 4.79 Å². The van der Waals surface area contributed by atoms with Gasteiger partial charge in [0.25, 0.3) is 5.91 Å². The third-order valence-corrected chi connectivity index (χ3v) is 3.23. The molecular formula is C18H22N2O3. The average Bonchev–Trinajstić information content (AvgIpc) is 2.54. The number of hydrogen-bond acceptors (Lipinski definition) is 4. The molecule has 0 heterocycles. The Morgan fingerprint density at radius 2 is 1.39 bits per heavy atom. The van der Waals surface area contributed by atoms with Gasteiger partial charge in [0.15, 0.2) is 6.61 Å². The molecule has 0 aliphatic rings. The number of nitrogens with two attached hydrogens (primary N) is 1. The molecule has 0 aromatic heterocycles. The topological polar surface area (TPSA) is 64.8 Å². The lowest BCUT2D eigenvalue weighted by Gasteiger charge is -2.11. The summed E-state index contributed by atoms with van der Waals surface area (Å²) in [5, 5.41) is 0. The smallest absolute Gasteiger partial charge is 0.255 e. The van der Waals surface area contributed by atoms with Crippen LogP contribution in [0.25, 0.3) is 11.1 Å². The predicted molar refractivity (Wildman–Crippen MR) is 90.6 cm³/mol.